The van der Waals surface area contributed by atoms with Gasteiger partial charge >= 0.3 is 0 Å². The van der Waals surface area contributed by atoms with Crippen molar-refractivity contribution in [3.05, 3.63) is 23.8 Å². The SMILES string of the molecule is SC1C=CC2=CC21S. The first kappa shape index (κ1) is 5.00. The predicted molar refractivity (Wildman–Crippen MR) is 41.7 cm³/mol. The van der Waals surface area contributed by atoms with E-state index in [1.807, 2.05) is 0 Å². The second kappa shape index (κ2) is 1.19. The Morgan fingerprint density at radius 2 is 2.38 bits per heavy atom. The van der Waals surface area contributed by atoms with Crippen LogP contribution in [-0.2, 0) is 0 Å². The van der Waals surface area contributed by atoms with Crippen LogP contribution in [0.3, 0.4) is 0 Å². The van der Waals surface area contributed by atoms with Gasteiger partial charge in [0.15, 0.2) is 0 Å². The van der Waals surface area contributed by atoms with Gasteiger partial charge in [0.2, 0.25) is 0 Å². The lowest BCUT2D eigenvalue weighted by molar-refractivity contribution is 1.05. The smallest absolute Gasteiger partial charge is 0.0712 e. The fourth-order valence-corrected chi connectivity index (χ4v) is 1.59. The number of allylic oxidation sites excluding steroid dienone is 1. The molecule has 0 aromatic carbocycles. The first-order valence-corrected chi connectivity index (χ1v) is 3.52. The average molecular weight is 142 g/mol. The molecule has 2 aliphatic carbocycles. The van der Waals surface area contributed by atoms with Gasteiger partial charge in [-0.05, 0) is 5.57 Å². The van der Waals surface area contributed by atoms with Gasteiger partial charge in [-0.1, -0.05) is 18.2 Å². The van der Waals surface area contributed by atoms with Gasteiger partial charge in [-0.2, -0.15) is 25.3 Å². The molecule has 0 aliphatic heterocycles. The zero-order chi connectivity index (χ0) is 5.78. The summed E-state index contributed by atoms with van der Waals surface area (Å²) in [6.07, 6.45) is 6.30. The highest BCUT2D eigenvalue weighted by atomic mass is 32.1. The molecule has 0 radical (unpaired) electrons. The van der Waals surface area contributed by atoms with E-state index in [9.17, 15) is 0 Å². The van der Waals surface area contributed by atoms with Gasteiger partial charge in [-0.25, -0.2) is 0 Å². The van der Waals surface area contributed by atoms with Crippen LogP contribution in [0.25, 0.3) is 0 Å². The summed E-state index contributed by atoms with van der Waals surface area (Å²) in [7, 11) is 0. The highest BCUT2D eigenvalue weighted by Gasteiger charge is 2.46. The Kier molecular flexibility index (Phi) is 0.744. The Morgan fingerprint density at radius 3 is 2.50 bits per heavy atom. The Hall–Kier alpha value is 0.180. The molecule has 0 bridgehead atoms. The fraction of sp³-hybridized carbons (Fsp3) is 0.333. The van der Waals surface area contributed by atoms with Crippen molar-refractivity contribution in [2.45, 2.75) is 10.00 Å². The van der Waals surface area contributed by atoms with Crippen molar-refractivity contribution < 1.29 is 0 Å². The largest absolute Gasteiger partial charge is 0.170 e. The van der Waals surface area contributed by atoms with Crippen LogP contribution in [0.5, 0.6) is 0 Å². The van der Waals surface area contributed by atoms with E-state index in [1.165, 1.54) is 5.57 Å². The zero-order valence-corrected chi connectivity index (χ0v) is 5.99. The first-order valence-electron chi connectivity index (χ1n) is 2.55. The van der Waals surface area contributed by atoms with Crippen molar-refractivity contribution in [3.63, 3.8) is 0 Å². The van der Waals surface area contributed by atoms with Crippen LogP contribution < -0.4 is 0 Å². The van der Waals surface area contributed by atoms with Gasteiger partial charge in [-0.15, -0.1) is 0 Å². The second-order valence-electron chi connectivity index (χ2n) is 2.23. The molecule has 8 heavy (non-hydrogen) atoms. The molecule has 0 saturated heterocycles. The van der Waals surface area contributed by atoms with Crippen LogP contribution in [-0.4, -0.2) is 10.00 Å². The fourth-order valence-electron chi connectivity index (χ4n) is 0.980. The first-order chi connectivity index (χ1) is 3.73. The van der Waals surface area contributed by atoms with Crippen LogP contribution in [0.4, 0.5) is 0 Å². The number of hydrogen-bond acceptors (Lipinski definition) is 2. The Morgan fingerprint density at radius 1 is 1.62 bits per heavy atom. The number of hydrogen-bond donors (Lipinski definition) is 2. The third-order valence-electron chi connectivity index (χ3n) is 1.66. The summed E-state index contributed by atoms with van der Waals surface area (Å²) >= 11 is 8.69. The van der Waals surface area contributed by atoms with E-state index in [1.54, 1.807) is 0 Å². The van der Waals surface area contributed by atoms with E-state index in [-0.39, 0.29) is 4.75 Å². The second-order valence-corrected chi connectivity index (χ2v) is 3.53. The number of thiol groups is 2. The van der Waals surface area contributed by atoms with Crippen molar-refractivity contribution in [1.82, 2.24) is 0 Å². The van der Waals surface area contributed by atoms with Gasteiger partial charge in [0.05, 0.1) is 4.75 Å². The van der Waals surface area contributed by atoms with Gasteiger partial charge < -0.3 is 0 Å². The summed E-state index contributed by atoms with van der Waals surface area (Å²) in [6.45, 7) is 0. The third kappa shape index (κ3) is 0.407. The predicted octanol–water partition coefficient (Wildman–Crippen LogP) is 1.46. The van der Waals surface area contributed by atoms with Crippen molar-refractivity contribution in [3.8, 4) is 0 Å². The highest BCUT2D eigenvalue weighted by Crippen LogP contribution is 2.51. The molecule has 0 spiro atoms. The van der Waals surface area contributed by atoms with E-state index >= 15 is 0 Å². The molecule has 0 saturated carbocycles. The maximum absolute atomic E-state index is 4.39. The molecule has 2 aliphatic rings. The van der Waals surface area contributed by atoms with Crippen LogP contribution in [0.15, 0.2) is 23.8 Å². The minimum atomic E-state index is 0.0586. The van der Waals surface area contributed by atoms with Crippen molar-refractivity contribution >= 4 is 25.3 Å². The van der Waals surface area contributed by atoms with Crippen LogP contribution >= 0.6 is 25.3 Å². The lowest BCUT2D eigenvalue weighted by Crippen LogP contribution is -2.13. The van der Waals surface area contributed by atoms with Crippen molar-refractivity contribution in [1.29, 1.82) is 0 Å². The van der Waals surface area contributed by atoms with E-state index < -0.39 is 0 Å². The Bertz CT molecular complexity index is 193. The summed E-state index contributed by atoms with van der Waals surface area (Å²) in [6, 6.07) is 0. The molecule has 2 heteroatoms. The quantitative estimate of drug-likeness (QED) is 0.470. The van der Waals surface area contributed by atoms with Crippen molar-refractivity contribution in [2.24, 2.45) is 0 Å². The maximum atomic E-state index is 4.39. The summed E-state index contributed by atoms with van der Waals surface area (Å²) in [4.78, 5) is 0. The topological polar surface area (TPSA) is 0 Å². The lowest BCUT2D eigenvalue weighted by Gasteiger charge is -2.08. The van der Waals surface area contributed by atoms with Gasteiger partial charge in [-0.3, -0.25) is 0 Å². The van der Waals surface area contributed by atoms with E-state index in [2.05, 4.69) is 43.5 Å². The summed E-state index contributed by atoms with van der Waals surface area (Å²) in [5.41, 5.74) is 1.33. The molecule has 0 fully saturated rings. The Balaban J connectivity index is 2.36. The van der Waals surface area contributed by atoms with Gasteiger partial charge in [0.1, 0.15) is 0 Å². The molecule has 0 N–H and O–H groups in total. The standard InChI is InChI=1S/C6H6S2/c7-5-2-1-4-3-6(4,5)8/h1-3,5,7-8H. The molecule has 2 atom stereocenters. The molecule has 0 amide bonds. The van der Waals surface area contributed by atoms with E-state index in [0.717, 1.165) is 0 Å². The monoisotopic (exact) mass is 142 g/mol. The van der Waals surface area contributed by atoms with Gasteiger partial charge in [0, 0.05) is 5.25 Å². The molecule has 0 nitrogen and oxygen atoms in total. The Labute approximate surface area is 59.5 Å². The number of rotatable bonds is 0. The minimum absolute atomic E-state index is 0.0586. The molecular weight excluding hydrogens is 136 g/mol. The molecule has 42 valence electrons. The summed E-state index contributed by atoms with van der Waals surface area (Å²) < 4.78 is 0.0586. The molecule has 0 aromatic heterocycles. The lowest BCUT2D eigenvalue weighted by atomic mass is 10.3. The molecule has 2 unspecified atom stereocenters. The van der Waals surface area contributed by atoms with Crippen LogP contribution in [0.1, 0.15) is 0 Å². The van der Waals surface area contributed by atoms with E-state index in [0.29, 0.717) is 5.25 Å². The average Bonchev–Trinajstić information content (AvgIpc) is 2.31. The number of fused-ring (bicyclic) bond motifs is 1. The highest BCUT2D eigenvalue weighted by molar-refractivity contribution is 7.86. The zero-order valence-electron chi connectivity index (χ0n) is 4.20. The van der Waals surface area contributed by atoms with Crippen molar-refractivity contribution in [2.75, 3.05) is 0 Å². The van der Waals surface area contributed by atoms with E-state index in [4.69, 9.17) is 0 Å². The molecule has 2 rings (SSSR count). The van der Waals surface area contributed by atoms with Crippen LogP contribution in [0.2, 0.25) is 0 Å². The molecule has 0 heterocycles. The minimum Gasteiger partial charge on any atom is -0.170 e. The summed E-state index contributed by atoms with van der Waals surface area (Å²) in [5, 5.41) is 0.320. The molecular formula is C6H6S2. The molecule has 0 aromatic rings. The normalized spacial score (nSPS) is 48.8. The van der Waals surface area contributed by atoms with Gasteiger partial charge in [0.25, 0.3) is 0 Å². The third-order valence-corrected chi connectivity index (χ3v) is 3.11. The maximum Gasteiger partial charge on any atom is 0.0712 e. The van der Waals surface area contributed by atoms with Crippen LogP contribution in [0, 0.1) is 0 Å². The summed E-state index contributed by atoms with van der Waals surface area (Å²) in [5.74, 6) is 0.